The minimum atomic E-state index is -0.858. The Hall–Kier alpha value is -1.13. The van der Waals surface area contributed by atoms with Crippen molar-refractivity contribution in [1.82, 2.24) is 5.32 Å². The third-order valence-electron chi connectivity index (χ3n) is 11.9. The minimum absolute atomic E-state index is 0.0703. The number of nitrogens with one attached hydrogen (secondary N) is 1. The van der Waals surface area contributed by atoms with Crippen molar-refractivity contribution in [1.29, 1.82) is 0 Å². The Morgan fingerprint density at radius 2 is 0.696 bits per heavy atom. The summed E-state index contributed by atoms with van der Waals surface area (Å²) in [5.41, 5.74) is 0. The van der Waals surface area contributed by atoms with E-state index in [1.165, 1.54) is 231 Å². The van der Waals surface area contributed by atoms with Gasteiger partial charge in [0.05, 0.1) is 18.8 Å². The molecule has 4 heteroatoms. The summed E-state index contributed by atoms with van der Waals surface area (Å²) in [6.45, 7) is 4.32. The molecule has 0 heterocycles. The summed E-state index contributed by atoms with van der Waals surface area (Å²) in [6.07, 6.45) is 63.3. The molecule has 0 rings (SSSR count). The normalized spacial score (nSPS) is 13.0. The van der Waals surface area contributed by atoms with Crippen LogP contribution in [0.25, 0.3) is 0 Å². The molecule has 0 aromatic rings. The molecule has 2 atom stereocenters. The van der Waals surface area contributed by atoms with Gasteiger partial charge in [-0.3, -0.25) is 4.79 Å². The molecule has 0 saturated heterocycles. The van der Waals surface area contributed by atoms with Crippen LogP contribution < -0.4 is 5.32 Å². The summed E-state index contributed by atoms with van der Waals surface area (Å²) in [7, 11) is 0. The number of aliphatic hydroxyl groups excluding tert-OH is 2. The van der Waals surface area contributed by atoms with Gasteiger partial charge >= 0.3 is 0 Å². The van der Waals surface area contributed by atoms with Gasteiger partial charge in [-0.25, -0.2) is 0 Å². The zero-order valence-corrected chi connectivity index (χ0v) is 38.2. The first kappa shape index (κ1) is 54.9. The molecule has 0 aromatic carbocycles. The van der Waals surface area contributed by atoms with Gasteiger partial charge in [-0.2, -0.15) is 0 Å². The van der Waals surface area contributed by atoms with Crippen LogP contribution in [-0.4, -0.2) is 34.9 Å². The van der Waals surface area contributed by atoms with E-state index in [0.717, 1.165) is 32.1 Å². The maximum atomic E-state index is 12.4. The van der Waals surface area contributed by atoms with Crippen LogP contribution >= 0.6 is 0 Å². The van der Waals surface area contributed by atoms with E-state index in [4.69, 9.17) is 0 Å². The van der Waals surface area contributed by atoms with Crippen molar-refractivity contribution in [2.75, 3.05) is 6.61 Å². The van der Waals surface area contributed by atoms with Gasteiger partial charge in [0.15, 0.2) is 0 Å². The van der Waals surface area contributed by atoms with Gasteiger partial charge < -0.3 is 15.5 Å². The van der Waals surface area contributed by atoms with E-state index in [1.807, 2.05) is 6.08 Å². The Morgan fingerprint density at radius 3 is 1.04 bits per heavy atom. The lowest BCUT2D eigenvalue weighted by atomic mass is 10.0. The average Bonchev–Trinajstić information content (AvgIpc) is 3.20. The van der Waals surface area contributed by atoms with Gasteiger partial charge in [-0.05, 0) is 32.1 Å². The summed E-state index contributed by atoms with van der Waals surface area (Å²) < 4.78 is 0. The lowest BCUT2D eigenvalue weighted by Gasteiger charge is -2.19. The molecule has 0 aliphatic rings. The summed E-state index contributed by atoms with van der Waals surface area (Å²) >= 11 is 0. The van der Waals surface area contributed by atoms with Crippen LogP contribution in [0.3, 0.4) is 0 Å². The van der Waals surface area contributed by atoms with E-state index in [1.54, 1.807) is 6.08 Å². The zero-order chi connectivity index (χ0) is 40.7. The largest absolute Gasteiger partial charge is 0.394 e. The monoisotopic (exact) mass is 788 g/mol. The smallest absolute Gasteiger partial charge is 0.220 e. The SMILES string of the molecule is CCCCCCCCCCCCCCCCCCCCCCCCCC/C=C/CC/C=C/C(O)C(CO)NC(=O)CCCCCCCCCCCCCCCC. The molecule has 4 nitrogen and oxygen atoms in total. The third-order valence-corrected chi connectivity index (χ3v) is 11.9. The van der Waals surface area contributed by atoms with Crippen molar-refractivity contribution in [3.63, 3.8) is 0 Å². The fraction of sp³-hybridized carbons (Fsp3) is 0.904. The Bertz CT molecular complexity index is 810. The van der Waals surface area contributed by atoms with Crippen molar-refractivity contribution in [3.05, 3.63) is 24.3 Å². The number of carbonyl (C=O) groups is 1. The van der Waals surface area contributed by atoms with Crippen LogP contribution in [0.2, 0.25) is 0 Å². The molecular formula is C52H101NO3. The standard InChI is InChI=1S/C52H101NO3/c1-3-5-7-9-11-13-15-17-19-20-21-22-23-24-25-26-27-28-29-30-31-32-33-34-35-37-39-41-43-45-47-51(55)50(49-54)53-52(56)48-46-44-42-40-38-36-18-16-14-12-10-8-6-4-2/h37,39,45,47,50-51,54-55H,3-36,38,40-44,46,48-49H2,1-2H3,(H,53,56)/b39-37+,47-45+. The Labute approximate surface area is 351 Å². The summed E-state index contributed by atoms with van der Waals surface area (Å²) in [5.74, 6) is -0.0703. The number of allylic oxidation sites excluding steroid dienone is 3. The molecule has 332 valence electrons. The fourth-order valence-corrected chi connectivity index (χ4v) is 8.02. The van der Waals surface area contributed by atoms with E-state index < -0.39 is 12.1 Å². The molecule has 0 saturated carbocycles. The second kappa shape index (κ2) is 48.2. The topological polar surface area (TPSA) is 69.6 Å². The molecule has 0 aliphatic carbocycles. The summed E-state index contributed by atoms with van der Waals surface area (Å²) in [4.78, 5) is 12.4. The second-order valence-electron chi connectivity index (χ2n) is 17.6. The van der Waals surface area contributed by atoms with Crippen LogP contribution in [0.4, 0.5) is 0 Å². The number of carbonyl (C=O) groups excluding carboxylic acids is 1. The number of unbranched alkanes of at least 4 members (excludes halogenated alkanes) is 38. The highest BCUT2D eigenvalue weighted by molar-refractivity contribution is 5.76. The van der Waals surface area contributed by atoms with Crippen LogP contribution in [0.15, 0.2) is 24.3 Å². The van der Waals surface area contributed by atoms with Gasteiger partial charge in [0.25, 0.3) is 0 Å². The van der Waals surface area contributed by atoms with Crippen LogP contribution in [0.5, 0.6) is 0 Å². The van der Waals surface area contributed by atoms with Gasteiger partial charge in [0.2, 0.25) is 5.91 Å². The molecule has 0 bridgehead atoms. The van der Waals surface area contributed by atoms with E-state index in [2.05, 4.69) is 31.3 Å². The van der Waals surface area contributed by atoms with Crippen molar-refractivity contribution in [2.45, 2.75) is 296 Å². The Kier molecular flexibility index (Phi) is 47.3. The maximum absolute atomic E-state index is 12.4. The van der Waals surface area contributed by atoms with Crippen molar-refractivity contribution >= 4 is 5.91 Å². The number of amides is 1. The second-order valence-corrected chi connectivity index (χ2v) is 17.6. The number of aliphatic hydroxyl groups is 2. The van der Waals surface area contributed by atoms with E-state index >= 15 is 0 Å². The van der Waals surface area contributed by atoms with Crippen LogP contribution in [-0.2, 0) is 4.79 Å². The Morgan fingerprint density at radius 1 is 0.411 bits per heavy atom. The average molecular weight is 788 g/mol. The number of hydrogen-bond donors (Lipinski definition) is 3. The van der Waals surface area contributed by atoms with E-state index in [9.17, 15) is 15.0 Å². The molecule has 2 unspecified atom stereocenters. The molecule has 1 amide bonds. The summed E-state index contributed by atoms with van der Waals surface area (Å²) in [6, 6.07) is -0.635. The molecule has 0 spiro atoms. The zero-order valence-electron chi connectivity index (χ0n) is 38.2. The minimum Gasteiger partial charge on any atom is -0.394 e. The molecule has 0 radical (unpaired) electrons. The van der Waals surface area contributed by atoms with E-state index in [-0.39, 0.29) is 12.5 Å². The lowest BCUT2D eigenvalue weighted by Crippen LogP contribution is -2.45. The molecule has 0 aromatic heterocycles. The van der Waals surface area contributed by atoms with Crippen LogP contribution in [0.1, 0.15) is 284 Å². The van der Waals surface area contributed by atoms with Crippen molar-refractivity contribution in [2.24, 2.45) is 0 Å². The predicted molar refractivity (Wildman–Crippen MR) is 249 cm³/mol. The third kappa shape index (κ3) is 44.0. The lowest BCUT2D eigenvalue weighted by molar-refractivity contribution is -0.123. The first-order valence-electron chi connectivity index (χ1n) is 25.6. The van der Waals surface area contributed by atoms with E-state index in [0.29, 0.717) is 6.42 Å². The first-order valence-corrected chi connectivity index (χ1v) is 25.6. The Balaban J connectivity index is 3.49. The quantitative estimate of drug-likeness (QED) is 0.0425. The first-order chi connectivity index (χ1) is 27.7. The highest BCUT2D eigenvalue weighted by atomic mass is 16.3. The summed E-state index contributed by atoms with van der Waals surface area (Å²) in [5, 5.41) is 23.0. The highest BCUT2D eigenvalue weighted by Crippen LogP contribution is 2.17. The van der Waals surface area contributed by atoms with Gasteiger partial charge in [-0.1, -0.05) is 269 Å². The van der Waals surface area contributed by atoms with Gasteiger partial charge in [-0.15, -0.1) is 0 Å². The molecular weight excluding hydrogens is 687 g/mol. The molecule has 0 aliphatic heterocycles. The highest BCUT2D eigenvalue weighted by Gasteiger charge is 2.17. The molecule has 56 heavy (non-hydrogen) atoms. The predicted octanol–water partition coefficient (Wildman–Crippen LogP) is 16.4. The number of hydrogen-bond acceptors (Lipinski definition) is 3. The van der Waals surface area contributed by atoms with Crippen LogP contribution in [0, 0.1) is 0 Å². The maximum Gasteiger partial charge on any atom is 0.220 e. The van der Waals surface area contributed by atoms with Gasteiger partial charge in [0.1, 0.15) is 0 Å². The number of rotatable bonds is 47. The molecule has 3 N–H and O–H groups in total. The van der Waals surface area contributed by atoms with Crippen molar-refractivity contribution < 1.29 is 15.0 Å². The fourth-order valence-electron chi connectivity index (χ4n) is 8.02. The van der Waals surface area contributed by atoms with Crippen molar-refractivity contribution in [3.8, 4) is 0 Å². The molecule has 0 fully saturated rings. The van der Waals surface area contributed by atoms with Gasteiger partial charge in [0, 0.05) is 6.42 Å².